The summed E-state index contributed by atoms with van der Waals surface area (Å²) in [5, 5.41) is 5.53. The number of rotatable bonds is 12. The summed E-state index contributed by atoms with van der Waals surface area (Å²) in [4.78, 5) is 73.3. The molecule has 10 rings (SSSR count). The van der Waals surface area contributed by atoms with Gasteiger partial charge in [-0.25, -0.2) is 19.6 Å². The van der Waals surface area contributed by atoms with Gasteiger partial charge in [-0.2, -0.15) is 0 Å². The molecule has 14 nitrogen and oxygen atoms in total. The van der Waals surface area contributed by atoms with Gasteiger partial charge < -0.3 is 39.9 Å². The van der Waals surface area contributed by atoms with E-state index in [1.165, 1.54) is 78.9 Å². The zero-order valence-electron chi connectivity index (χ0n) is 43.9. The second kappa shape index (κ2) is 20.5. The number of likely N-dealkylation sites (tertiary alicyclic amines) is 2. The molecule has 4 fully saturated rings. The molecule has 2 saturated heterocycles. The van der Waals surface area contributed by atoms with Gasteiger partial charge in [0.05, 0.1) is 50.1 Å². The minimum absolute atomic E-state index is 0.111. The van der Waals surface area contributed by atoms with E-state index in [9.17, 15) is 19.2 Å². The van der Waals surface area contributed by atoms with Crippen LogP contribution in [-0.2, 0) is 19.1 Å². The Morgan fingerprint density at radius 2 is 1.15 bits per heavy atom. The Labute approximate surface area is 430 Å². The molecule has 2 saturated carbocycles. The molecule has 0 radical (unpaired) electrons. The third-order valence-corrected chi connectivity index (χ3v) is 17.2. The van der Waals surface area contributed by atoms with Gasteiger partial charge in [-0.05, 0) is 150 Å². The van der Waals surface area contributed by atoms with Crippen molar-refractivity contribution < 1.29 is 28.7 Å². The van der Waals surface area contributed by atoms with Gasteiger partial charge in [-0.15, -0.1) is 0 Å². The summed E-state index contributed by atoms with van der Waals surface area (Å²) < 4.78 is 9.72. The minimum Gasteiger partial charge on any atom is -0.453 e. The summed E-state index contributed by atoms with van der Waals surface area (Å²) >= 11 is 0. The molecular formula is C59H74N8O6. The van der Waals surface area contributed by atoms with E-state index in [1.807, 2.05) is 49.9 Å². The highest BCUT2D eigenvalue weighted by Gasteiger charge is 2.44. The molecule has 4 aliphatic carbocycles. The van der Waals surface area contributed by atoms with Gasteiger partial charge in [0.25, 0.3) is 0 Å². The molecule has 2 aromatic heterocycles. The molecule has 4 bridgehead atoms. The third kappa shape index (κ3) is 9.66. The number of hydrogen-bond acceptors (Lipinski definition) is 8. The number of hydrogen-bond donors (Lipinski definition) is 4. The molecule has 14 heteroatoms. The number of ether oxygens (including phenoxy) is 2. The predicted molar refractivity (Wildman–Crippen MR) is 283 cm³/mol. The van der Waals surface area contributed by atoms with E-state index >= 15 is 0 Å². The van der Waals surface area contributed by atoms with E-state index in [-0.39, 0.29) is 47.6 Å². The average Bonchev–Trinajstić information content (AvgIpc) is 4.25. The van der Waals surface area contributed by atoms with Crippen LogP contribution in [0, 0.1) is 35.5 Å². The van der Waals surface area contributed by atoms with Gasteiger partial charge in [0.1, 0.15) is 23.7 Å². The van der Waals surface area contributed by atoms with E-state index in [2.05, 4.69) is 83.0 Å². The number of nitrogens with one attached hydrogen (secondary N) is 4. The maximum absolute atomic E-state index is 14.1. The Morgan fingerprint density at radius 1 is 0.644 bits per heavy atom. The van der Waals surface area contributed by atoms with Crippen LogP contribution >= 0.6 is 0 Å². The number of amides is 4. The van der Waals surface area contributed by atoms with Crippen molar-refractivity contribution in [1.29, 1.82) is 0 Å². The monoisotopic (exact) mass is 991 g/mol. The molecule has 5 unspecified atom stereocenters. The Balaban J connectivity index is 0.921. The summed E-state index contributed by atoms with van der Waals surface area (Å²) in [7, 11) is 2.63. The van der Waals surface area contributed by atoms with Gasteiger partial charge in [0, 0.05) is 18.7 Å². The number of methoxy groups -OCH3 is 2. The molecule has 6 aliphatic rings. The van der Waals surface area contributed by atoms with Gasteiger partial charge in [0.2, 0.25) is 11.8 Å². The number of allylic oxidation sites excluding steroid dienone is 5. The predicted octanol–water partition coefficient (Wildman–Crippen LogP) is 11.3. The van der Waals surface area contributed by atoms with Crippen molar-refractivity contribution in [3.63, 3.8) is 0 Å². The largest absolute Gasteiger partial charge is 0.453 e. The SMILES string of the molecule is C=C1/C(c2ccc(-c3cnc([C@@H]4C[C@H](C)CN4C(=O)[C@@H](NC(=O)OC)C(C)C)[nH]3)cc2)=C\C=C(\c2ccc(-c3cnc(C4C[C@H](C)CN4C(=O)[C@@H](NC(=O)OC)C(C)C)[nH]3)c3c2C2CCC3C2)CC2CCC1C2. The van der Waals surface area contributed by atoms with Gasteiger partial charge in [0.15, 0.2) is 0 Å². The van der Waals surface area contributed by atoms with E-state index < -0.39 is 24.3 Å². The number of aromatic amines is 2. The number of benzene rings is 2. The molecule has 4 amide bonds. The second-order valence-corrected chi connectivity index (χ2v) is 22.9. The number of fused-ring (bicyclic) bond motifs is 7. The van der Waals surface area contributed by atoms with Crippen LogP contribution < -0.4 is 10.6 Å². The third-order valence-electron chi connectivity index (χ3n) is 17.2. The summed E-state index contributed by atoms with van der Waals surface area (Å²) in [6.45, 7) is 18.0. The van der Waals surface area contributed by atoms with Gasteiger partial charge in [-0.1, -0.05) is 96.7 Å². The number of carbonyl (C=O) groups is 4. The first-order valence-corrected chi connectivity index (χ1v) is 26.9. The highest BCUT2D eigenvalue weighted by atomic mass is 16.5. The molecule has 2 aromatic carbocycles. The second-order valence-electron chi connectivity index (χ2n) is 22.9. The summed E-state index contributed by atoms with van der Waals surface area (Å²) in [5.41, 5.74) is 13.4. The Bertz CT molecular complexity index is 2840. The zero-order chi connectivity index (χ0) is 51.4. The summed E-state index contributed by atoms with van der Waals surface area (Å²) in [6.07, 6.45) is 17.0. The number of H-pyrrole nitrogens is 2. The maximum Gasteiger partial charge on any atom is 0.407 e. The first-order chi connectivity index (χ1) is 35.1. The number of imidazole rings is 2. The molecule has 0 spiro atoms. The van der Waals surface area contributed by atoms with Crippen molar-refractivity contribution >= 4 is 35.1 Å². The van der Waals surface area contributed by atoms with Crippen molar-refractivity contribution in [2.45, 2.75) is 135 Å². The topological polar surface area (TPSA) is 175 Å². The fraction of sp³-hybridized carbons (Fsp3) is 0.525. The van der Waals surface area contributed by atoms with Crippen molar-refractivity contribution in [3.8, 4) is 22.5 Å². The standard InChI is InChI=1S/C59H74N8O6/c1-31(2)52(64-58(70)72-8)56(68)66-29-33(5)22-48(66)54-60-27-46(62-54)38-14-12-37(13-15-38)43-19-18-40(25-36-10-11-39(24-36)35(43)7)44-20-21-45(51-42-17-16-41(26-42)50(44)51)47-28-61-55(63-47)49-23-34(6)30-67(49)57(69)53(32(3)4)65-59(71)73-9/h12-15,18-21,27-28,31-34,36,39,41-42,48-49,52-53H,7,10-11,16-17,22-26,29-30H2,1-6,8-9H3,(H,60,62)(H,61,63)(H,64,70)(H,65,71)/b40-18+,43-19+/t33-,34-,36?,39?,41?,42?,48-,49?,52-,53-/m0/s1. The fourth-order valence-corrected chi connectivity index (χ4v) is 13.5. The van der Waals surface area contributed by atoms with Crippen LogP contribution in [0.2, 0.25) is 0 Å². The quantitative estimate of drug-likeness (QED) is 0.108. The maximum atomic E-state index is 14.1. The van der Waals surface area contributed by atoms with E-state index in [1.54, 1.807) is 0 Å². The number of aromatic nitrogens is 4. The normalized spacial score (nSPS) is 27.7. The molecule has 73 heavy (non-hydrogen) atoms. The fourth-order valence-electron chi connectivity index (χ4n) is 13.5. The van der Waals surface area contributed by atoms with Crippen LogP contribution in [0.3, 0.4) is 0 Å². The Morgan fingerprint density at radius 3 is 1.71 bits per heavy atom. The lowest BCUT2D eigenvalue weighted by atomic mass is 9.80. The molecule has 2 aliphatic heterocycles. The molecular weight excluding hydrogens is 917 g/mol. The first kappa shape index (κ1) is 50.1. The number of alkyl carbamates (subject to hydrolysis) is 2. The van der Waals surface area contributed by atoms with Crippen LogP contribution in [0.25, 0.3) is 33.7 Å². The number of carbonyl (C=O) groups excluding carboxylic acids is 4. The summed E-state index contributed by atoms with van der Waals surface area (Å²) in [5.74, 6) is 3.68. The Hall–Kier alpha value is -6.44. The van der Waals surface area contributed by atoms with Gasteiger partial charge >= 0.3 is 12.2 Å². The first-order valence-electron chi connectivity index (χ1n) is 26.9. The Kier molecular flexibility index (Phi) is 14.0. The van der Waals surface area contributed by atoms with Crippen molar-refractivity contribution in [1.82, 2.24) is 40.4 Å². The lowest BCUT2D eigenvalue weighted by Gasteiger charge is -2.30. The van der Waals surface area contributed by atoms with E-state index in [4.69, 9.17) is 26.0 Å². The van der Waals surface area contributed by atoms with Crippen molar-refractivity contribution in [3.05, 3.63) is 107 Å². The lowest BCUT2D eigenvalue weighted by molar-refractivity contribution is -0.136. The van der Waals surface area contributed by atoms with Crippen LogP contribution in [0.4, 0.5) is 9.59 Å². The smallest absolute Gasteiger partial charge is 0.407 e. The van der Waals surface area contributed by atoms with Gasteiger partial charge in [-0.3, -0.25) is 9.59 Å². The van der Waals surface area contributed by atoms with Crippen molar-refractivity contribution in [2.24, 2.45) is 35.5 Å². The zero-order valence-corrected chi connectivity index (χ0v) is 43.9. The van der Waals surface area contributed by atoms with Crippen LogP contribution in [0.15, 0.2) is 73.1 Å². The molecule has 386 valence electrons. The lowest BCUT2D eigenvalue weighted by Crippen LogP contribution is -2.51. The van der Waals surface area contributed by atoms with Crippen LogP contribution in [0.1, 0.15) is 157 Å². The highest BCUT2D eigenvalue weighted by Crippen LogP contribution is 2.58. The molecule has 10 atom stereocenters. The van der Waals surface area contributed by atoms with Crippen LogP contribution in [-0.4, -0.2) is 93.1 Å². The van der Waals surface area contributed by atoms with E-state index in [0.29, 0.717) is 36.8 Å². The molecule has 4 heterocycles. The molecule has 4 N–H and O–H groups in total. The average molecular weight is 991 g/mol. The minimum atomic E-state index is -0.702. The molecule has 4 aromatic rings. The highest BCUT2D eigenvalue weighted by molar-refractivity contribution is 5.88. The van der Waals surface area contributed by atoms with Crippen molar-refractivity contribution in [2.75, 3.05) is 27.3 Å². The van der Waals surface area contributed by atoms with Crippen LogP contribution in [0.5, 0.6) is 0 Å². The van der Waals surface area contributed by atoms with E-state index in [0.717, 1.165) is 66.3 Å². The summed E-state index contributed by atoms with van der Waals surface area (Å²) in [6, 6.07) is 11.6. The number of nitrogens with zero attached hydrogens (tertiary/aromatic N) is 4.